The molecule has 0 aliphatic rings. The lowest BCUT2D eigenvalue weighted by Crippen LogP contribution is -2.08. The van der Waals surface area contributed by atoms with Crippen molar-refractivity contribution in [2.45, 2.75) is 6.42 Å². The number of nitrogens with one attached hydrogen (secondary N) is 1. The molecular formula is C19H16N2O3. The van der Waals surface area contributed by atoms with E-state index in [2.05, 4.69) is 10.2 Å². The summed E-state index contributed by atoms with van der Waals surface area (Å²) in [5.74, 6) is 0.626. The van der Waals surface area contributed by atoms with E-state index >= 15 is 0 Å². The molecule has 0 fully saturated rings. The summed E-state index contributed by atoms with van der Waals surface area (Å²) in [6.07, 6.45) is 0.454. The van der Waals surface area contributed by atoms with E-state index in [0.717, 1.165) is 5.56 Å². The number of methoxy groups -OCH3 is 1. The standard InChI is InChI=1S/C19H16N2O3/c1-24-17-9-7-14(19(23)13-5-3-2-4-6-13)11-15(17)12-16-8-10-18(22)21-20-16/h2-11H,12H2,1H3,(H,21,22). The summed E-state index contributed by atoms with van der Waals surface area (Å²) < 4.78 is 5.37. The number of hydrogen-bond acceptors (Lipinski definition) is 4. The fourth-order valence-electron chi connectivity index (χ4n) is 2.48. The molecule has 0 amide bonds. The van der Waals surface area contributed by atoms with Crippen molar-refractivity contribution in [3.63, 3.8) is 0 Å². The van der Waals surface area contributed by atoms with Crippen LogP contribution in [0.1, 0.15) is 27.2 Å². The number of carbonyl (C=O) groups excluding carboxylic acids is 1. The Kier molecular flexibility index (Phi) is 4.52. The second-order valence-electron chi connectivity index (χ2n) is 5.31. The van der Waals surface area contributed by atoms with Gasteiger partial charge in [-0.05, 0) is 24.3 Å². The fourth-order valence-corrected chi connectivity index (χ4v) is 2.48. The smallest absolute Gasteiger partial charge is 0.264 e. The second-order valence-corrected chi connectivity index (χ2v) is 5.31. The Morgan fingerprint density at radius 3 is 2.50 bits per heavy atom. The van der Waals surface area contributed by atoms with E-state index in [0.29, 0.717) is 29.0 Å². The molecule has 0 aliphatic heterocycles. The molecule has 1 heterocycles. The van der Waals surface area contributed by atoms with Crippen molar-refractivity contribution in [3.05, 3.63) is 93.4 Å². The number of carbonyl (C=O) groups is 1. The summed E-state index contributed by atoms with van der Waals surface area (Å²) in [4.78, 5) is 23.7. The van der Waals surface area contributed by atoms with Gasteiger partial charge in [0.15, 0.2) is 5.78 Å². The fraction of sp³-hybridized carbons (Fsp3) is 0.105. The van der Waals surface area contributed by atoms with Gasteiger partial charge in [0.05, 0.1) is 12.8 Å². The van der Waals surface area contributed by atoms with E-state index in [-0.39, 0.29) is 11.3 Å². The van der Waals surface area contributed by atoms with Crippen LogP contribution in [-0.4, -0.2) is 23.1 Å². The number of ether oxygens (including phenoxy) is 1. The van der Waals surface area contributed by atoms with Crippen LogP contribution >= 0.6 is 0 Å². The third kappa shape index (κ3) is 3.41. The molecular weight excluding hydrogens is 304 g/mol. The van der Waals surface area contributed by atoms with Gasteiger partial charge in [0.25, 0.3) is 5.56 Å². The number of aromatic nitrogens is 2. The molecule has 0 aliphatic carbocycles. The summed E-state index contributed by atoms with van der Waals surface area (Å²) >= 11 is 0. The molecule has 2 aromatic carbocycles. The minimum Gasteiger partial charge on any atom is -0.496 e. The van der Waals surface area contributed by atoms with Gasteiger partial charge >= 0.3 is 0 Å². The first-order chi connectivity index (χ1) is 11.7. The Hall–Kier alpha value is -3.21. The van der Waals surface area contributed by atoms with E-state index in [1.165, 1.54) is 6.07 Å². The highest BCUT2D eigenvalue weighted by Crippen LogP contribution is 2.23. The van der Waals surface area contributed by atoms with E-state index in [9.17, 15) is 9.59 Å². The van der Waals surface area contributed by atoms with Gasteiger partial charge in [-0.3, -0.25) is 9.59 Å². The van der Waals surface area contributed by atoms with Crippen molar-refractivity contribution in [1.82, 2.24) is 10.2 Å². The largest absolute Gasteiger partial charge is 0.496 e. The highest BCUT2D eigenvalue weighted by Gasteiger charge is 2.13. The summed E-state index contributed by atoms with van der Waals surface area (Å²) in [5, 5.41) is 6.41. The zero-order valence-electron chi connectivity index (χ0n) is 13.2. The van der Waals surface area contributed by atoms with Crippen molar-refractivity contribution in [1.29, 1.82) is 0 Å². The minimum absolute atomic E-state index is 0.0473. The Morgan fingerprint density at radius 1 is 1.04 bits per heavy atom. The summed E-state index contributed by atoms with van der Waals surface area (Å²) in [6, 6.07) is 17.5. The van der Waals surface area contributed by atoms with Crippen molar-refractivity contribution >= 4 is 5.78 Å². The third-order valence-electron chi connectivity index (χ3n) is 3.69. The number of H-pyrrole nitrogens is 1. The van der Waals surface area contributed by atoms with Crippen molar-refractivity contribution < 1.29 is 9.53 Å². The lowest BCUT2D eigenvalue weighted by Gasteiger charge is -2.10. The molecule has 0 radical (unpaired) electrons. The number of hydrogen-bond donors (Lipinski definition) is 1. The first-order valence-electron chi connectivity index (χ1n) is 7.48. The molecule has 5 heteroatoms. The van der Waals surface area contributed by atoms with E-state index < -0.39 is 0 Å². The van der Waals surface area contributed by atoms with Gasteiger partial charge in [0, 0.05) is 29.2 Å². The van der Waals surface area contributed by atoms with Gasteiger partial charge in [-0.25, -0.2) is 5.10 Å². The Labute approximate surface area is 138 Å². The molecule has 1 aromatic heterocycles. The van der Waals surface area contributed by atoms with Gasteiger partial charge in [0.2, 0.25) is 0 Å². The molecule has 0 unspecified atom stereocenters. The molecule has 120 valence electrons. The maximum absolute atomic E-state index is 12.6. The SMILES string of the molecule is COc1ccc(C(=O)c2ccccc2)cc1Cc1ccc(=O)[nH]n1. The molecule has 5 nitrogen and oxygen atoms in total. The lowest BCUT2D eigenvalue weighted by atomic mass is 9.99. The zero-order chi connectivity index (χ0) is 16.9. The second kappa shape index (κ2) is 6.91. The van der Waals surface area contributed by atoms with E-state index in [1.54, 1.807) is 43.5 Å². The van der Waals surface area contributed by atoms with Crippen LogP contribution in [0, 0.1) is 0 Å². The van der Waals surface area contributed by atoms with Gasteiger partial charge in [-0.2, -0.15) is 5.10 Å². The Balaban J connectivity index is 1.94. The predicted molar refractivity (Wildman–Crippen MR) is 90.5 cm³/mol. The molecule has 0 saturated carbocycles. The molecule has 0 bridgehead atoms. The molecule has 0 atom stereocenters. The molecule has 3 aromatic rings. The highest BCUT2D eigenvalue weighted by atomic mass is 16.5. The van der Waals surface area contributed by atoms with Crippen molar-refractivity contribution in [3.8, 4) is 5.75 Å². The summed E-state index contributed by atoms with van der Waals surface area (Å²) in [7, 11) is 1.58. The number of rotatable bonds is 5. The van der Waals surface area contributed by atoms with Crippen LogP contribution < -0.4 is 10.3 Å². The quantitative estimate of drug-likeness (QED) is 0.734. The Bertz CT molecular complexity index is 897. The maximum atomic E-state index is 12.6. The Morgan fingerprint density at radius 2 is 1.83 bits per heavy atom. The zero-order valence-corrected chi connectivity index (χ0v) is 13.2. The average molecular weight is 320 g/mol. The van der Waals surface area contributed by atoms with Crippen LogP contribution in [0.5, 0.6) is 5.75 Å². The van der Waals surface area contributed by atoms with E-state index in [1.807, 2.05) is 18.2 Å². The lowest BCUT2D eigenvalue weighted by molar-refractivity contribution is 0.103. The highest BCUT2D eigenvalue weighted by molar-refractivity contribution is 6.09. The van der Waals surface area contributed by atoms with E-state index in [4.69, 9.17) is 4.74 Å². The normalized spacial score (nSPS) is 10.4. The number of ketones is 1. The van der Waals surface area contributed by atoms with Crippen LogP contribution in [0.4, 0.5) is 0 Å². The molecule has 24 heavy (non-hydrogen) atoms. The molecule has 0 saturated heterocycles. The summed E-state index contributed by atoms with van der Waals surface area (Å²) in [6.45, 7) is 0. The molecule has 3 rings (SSSR count). The van der Waals surface area contributed by atoms with Gasteiger partial charge in [-0.1, -0.05) is 30.3 Å². The van der Waals surface area contributed by atoms with Crippen LogP contribution in [0.3, 0.4) is 0 Å². The topological polar surface area (TPSA) is 72.1 Å². The van der Waals surface area contributed by atoms with Gasteiger partial charge in [0.1, 0.15) is 5.75 Å². The van der Waals surface area contributed by atoms with Crippen LogP contribution in [0.15, 0.2) is 65.5 Å². The van der Waals surface area contributed by atoms with Crippen LogP contribution in [0.25, 0.3) is 0 Å². The average Bonchev–Trinajstić information content (AvgIpc) is 2.63. The predicted octanol–water partition coefficient (Wildman–Crippen LogP) is 2.60. The van der Waals surface area contributed by atoms with Gasteiger partial charge < -0.3 is 4.74 Å². The van der Waals surface area contributed by atoms with Crippen LogP contribution in [-0.2, 0) is 6.42 Å². The maximum Gasteiger partial charge on any atom is 0.264 e. The van der Waals surface area contributed by atoms with Crippen molar-refractivity contribution in [2.75, 3.05) is 7.11 Å². The first kappa shape index (κ1) is 15.7. The molecule has 1 N–H and O–H groups in total. The van der Waals surface area contributed by atoms with Gasteiger partial charge in [-0.15, -0.1) is 0 Å². The summed E-state index contributed by atoms with van der Waals surface area (Å²) in [5.41, 5.74) is 2.49. The van der Waals surface area contributed by atoms with Crippen LogP contribution in [0.2, 0.25) is 0 Å². The molecule has 0 spiro atoms. The van der Waals surface area contributed by atoms with Crippen molar-refractivity contribution in [2.24, 2.45) is 0 Å². The first-order valence-corrected chi connectivity index (χ1v) is 7.48. The number of aromatic amines is 1. The minimum atomic E-state index is -0.251. The number of benzene rings is 2. The monoisotopic (exact) mass is 320 g/mol. The third-order valence-corrected chi connectivity index (χ3v) is 3.69. The number of nitrogens with zero attached hydrogens (tertiary/aromatic N) is 1.